The van der Waals surface area contributed by atoms with Crippen LogP contribution in [0.5, 0.6) is 5.75 Å². The van der Waals surface area contributed by atoms with Crippen LogP contribution in [0.15, 0.2) is 48.5 Å². The van der Waals surface area contributed by atoms with E-state index in [2.05, 4.69) is 0 Å². The van der Waals surface area contributed by atoms with Crippen molar-refractivity contribution in [3.05, 3.63) is 64.1 Å². The zero-order valence-electron chi connectivity index (χ0n) is 17.6. The summed E-state index contributed by atoms with van der Waals surface area (Å²) in [5.41, 5.74) is -0.236. The van der Waals surface area contributed by atoms with Crippen LogP contribution in [0, 0.1) is 0 Å². The fraction of sp³-hybridized carbons (Fsp3) is 0.348. The van der Waals surface area contributed by atoms with Gasteiger partial charge in [0.1, 0.15) is 5.54 Å². The SMILES string of the molecule is CC1(C(=O)N(CCCC(=O)O)Cc2ccc(Cl)cc2)CCN1C(=O)Oc1ccccc1Cl. The first-order valence-corrected chi connectivity index (χ1v) is 11.0. The molecule has 0 spiro atoms. The van der Waals surface area contributed by atoms with Crippen molar-refractivity contribution in [2.24, 2.45) is 0 Å². The van der Waals surface area contributed by atoms with Gasteiger partial charge in [0.2, 0.25) is 5.91 Å². The Balaban J connectivity index is 1.75. The Hall–Kier alpha value is -2.77. The van der Waals surface area contributed by atoms with E-state index in [4.69, 9.17) is 33.0 Å². The van der Waals surface area contributed by atoms with Crippen molar-refractivity contribution >= 4 is 41.2 Å². The highest BCUT2D eigenvalue weighted by Crippen LogP contribution is 2.35. The summed E-state index contributed by atoms with van der Waals surface area (Å²) in [5, 5.41) is 9.86. The van der Waals surface area contributed by atoms with E-state index in [1.165, 1.54) is 4.90 Å². The van der Waals surface area contributed by atoms with Gasteiger partial charge in [-0.25, -0.2) is 4.79 Å². The van der Waals surface area contributed by atoms with Gasteiger partial charge >= 0.3 is 12.1 Å². The second-order valence-electron chi connectivity index (χ2n) is 7.82. The Labute approximate surface area is 196 Å². The number of para-hydroxylation sites is 1. The van der Waals surface area contributed by atoms with Gasteiger partial charge in [-0.15, -0.1) is 0 Å². The number of amides is 2. The minimum Gasteiger partial charge on any atom is -0.481 e. The lowest BCUT2D eigenvalue weighted by atomic mass is 9.85. The first-order chi connectivity index (χ1) is 15.2. The van der Waals surface area contributed by atoms with Crippen molar-refractivity contribution in [3.63, 3.8) is 0 Å². The molecule has 0 saturated carbocycles. The Morgan fingerprint density at radius 3 is 2.41 bits per heavy atom. The van der Waals surface area contributed by atoms with Crippen LogP contribution in [0.25, 0.3) is 0 Å². The average Bonchev–Trinajstić information content (AvgIpc) is 2.74. The number of carboxylic acid groups (broad SMARTS) is 1. The lowest BCUT2D eigenvalue weighted by molar-refractivity contribution is -0.150. The molecule has 1 unspecified atom stereocenters. The number of halogens is 2. The summed E-state index contributed by atoms with van der Waals surface area (Å²) in [4.78, 5) is 40.2. The third kappa shape index (κ3) is 5.53. The van der Waals surface area contributed by atoms with E-state index in [0.717, 1.165) is 5.56 Å². The number of benzene rings is 2. The molecule has 170 valence electrons. The quantitative estimate of drug-likeness (QED) is 0.585. The predicted octanol–water partition coefficient (Wildman–Crippen LogP) is 4.85. The maximum absolute atomic E-state index is 13.5. The number of nitrogens with zero attached hydrogens (tertiary/aromatic N) is 2. The van der Waals surface area contributed by atoms with Gasteiger partial charge in [0.25, 0.3) is 0 Å². The Kier molecular flexibility index (Phi) is 7.64. The van der Waals surface area contributed by atoms with Crippen molar-refractivity contribution < 1.29 is 24.2 Å². The number of rotatable bonds is 8. The fourth-order valence-electron chi connectivity index (χ4n) is 3.58. The molecule has 1 aliphatic heterocycles. The lowest BCUT2D eigenvalue weighted by Crippen LogP contribution is -2.68. The molecule has 1 aliphatic rings. The van der Waals surface area contributed by atoms with Crippen LogP contribution in [0.1, 0.15) is 31.7 Å². The zero-order chi connectivity index (χ0) is 23.3. The number of carbonyl (C=O) groups excluding carboxylic acids is 2. The molecule has 1 fully saturated rings. The maximum atomic E-state index is 13.5. The summed E-state index contributed by atoms with van der Waals surface area (Å²) in [7, 11) is 0. The highest BCUT2D eigenvalue weighted by Gasteiger charge is 2.52. The van der Waals surface area contributed by atoms with E-state index < -0.39 is 17.6 Å². The summed E-state index contributed by atoms with van der Waals surface area (Å²) in [6.45, 7) is 2.59. The Morgan fingerprint density at radius 2 is 1.81 bits per heavy atom. The van der Waals surface area contributed by atoms with Gasteiger partial charge in [0.15, 0.2) is 5.75 Å². The van der Waals surface area contributed by atoms with Crippen molar-refractivity contribution in [1.82, 2.24) is 9.80 Å². The molecule has 9 heteroatoms. The molecule has 3 rings (SSSR count). The monoisotopic (exact) mass is 478 g/mol. The summed E-state index contributed by atoms with van der Waals surface area (Å²) < 4.78 is 5.41. The predicted molar refractivity (Wildman–Crippen MR) is 121 cm³/mol. The van der Waals surface area contributed by atoms with Crippen LogP contribution in [-0.4, -0.2) is 51.5 Å². The standard InChI is InChI=1S/C23H24Cl2N2O5/c1-23(12-14-27(23)22(31)32-19-6-3-2-5-18(19)25)21(30)26(13-4-7-20(28)29)15-16-8-10-17(24)11-9-16/h2-3,5-6,8-11H,4,7,12-15H2,1H3,(H,28,29). The van der Waals surface area contributed by atoms with E-state index in [-0.39, 0.29) is 31.2 Å². The molecule has 0 radical (unpaired) electrons. The second-order valence-corrected chi connectivity index (χ2v) is 8.67. The molecule has 0 aromatic heterocycles. The average molecular weight is 479 g/mol. The van der Waals surface area contributed by atoms with Gasteiger partial charge in [0, 0.05) is 31.1 Å². The first kappa shape index (κ1) is 23.9. The number of carboxylic acids is 1. The molecule has 7 nitrogen and oxygen atoms in total. The Morgan fingerprint density at radius 1 is 1.12 bits per heavy atom. The molecule has 2 aromatic carbocycles. The van der Waals surface area contributed by atoms with Crippen LogP contribution in [0.4, 0.5) is 4.79 Å². The number of carbonyl (C=O) groups is 3. The van der Waals surface area contributed by atoms with E-state index in [1.54, 1.807) is 48.2 Å². The van der Waals surface area contributed by atoms with E-state index in [1.807, 2.05) is 12.1 Å². The summed E-state index contributed by atoms with van der Waals surface area (Å²) in [5.74, 6) is -0.968. The van der Waals surface area contributed by atoms with Crippen LogP contribution < -0.4 is 4.74 Å². The molecular weight excluding hydrogens is 455 g/mol. The molecule has 2 amide bonds. The van der Waals surface area contributed by atoms with E-state index >= 15 is 0 Å². The molecule has 0 aliphatic carbocycles. The molecular formula is C23H24Cl2N2O5. The molecule has 0 bridgehead atoms. The molecule has 32 heavy (non-hydrogen) atoms. The largest absolute Gasteiger partial charge is 0.481 e. The highest BCUT2D eigenvalue weighted by atomic mass is 35.5. The fourth-order valence-corrected chi connectivity index (χ4v) is 3.88. The molecule has 1 N–H and O–H groups in total. The number of hydrogen-bond donors (Lipinski definition) is 1. The molecule has 1 saturated heterocycles. The maximum Gasteiger partial charge on any atom is 0.416 e. The normalized spacial score (nSPS) is 17.4. The molecule has 2 aromatic rings. The molecule has 1 atom stereocenters. The number of likely N-dealkylation sites (tertiary alicyclic amines) is 1. The van der Waals surface area contributed by atoms with Gasteiger partial charge in [-0.1, -0.05) is 47.5 Å². The van der Waals surface area contributed by atoms with Gasteiger partial charge in [-0.05, 0) is 49.6 Å². The second kappa shape index (κ2) is 10.2. The first-order valence-electron chi connectivity index (χ1n) is 10.2. The highest BCUT2D eigenvalue weighted by molar-refractivity contribution is 6.32. The van der Waals surface area contributed by atoms with Crippen molar-refractivity contribution in [2.45, 2.75) is 38.3 Å². The van der Waals surface area contributed by atoms with Crippen LogP contribution >= 0.6 is 23.2 Å². The zero-order valence-corrected chi connectivity index (χ0v) is 19.1. The van der Waals surface area contributed by atoms with Gasteiger partial charge in [0.05, 0.1) is 5.02 Å². The summed E-state index contributed by atoms with van der Waals surface area (Å²) in [6.07, 6.45) is 0.0606. The van der Waals surface area contributed by atoms with Crippen LogP contribution in [0.2, 0.25) is 10.0 Å². The van der Waals surface area contributed by atoms with Gasteiger partial charge < -0.3 is 14.7 Å². The van der Waals surface area contributed by atoms with Crippen LogP contribution in [0.3, 0.4) is 0 Å². The number of aliphatic carboxylic acids is 1. The van der Waals surface area contributed by atoms with E-state index in [9.17, 15) is 14.4 Å². The minimum absolute atomic E-state index is 0.0562. The summed E-state index contributed by atoms with van der Waals surface area (Å²) >= 11 is 12.0. The molecule has 1 heterocycles. The van der Waals surface area contributed by atoms with E-state index in [0.29, 0.717) is 29.4 Å². The van der Waals surface area contributed by atoms with Crippen LogP contribution in [-0.2, 0) is 16.1 Å². The lowest BCUT2D eigenvalue weighted by Gasteiger charge is -2.49. The minimum atomic E-state index is -1.09. The third-order valence-corrected chi connectivity index (χ3v) is 6.09. The van der Waals surface area contributed by atoms with Crippen molar-refractivity contribution in [2.75, 3.05) is 13.1 Å². The van der Waals surface area contributed by atoms with Gasteiger partial charge in [-0.3, -0.25) is 14.5 Å². The summed E-state index contributed by atoms with van der Waals surface area (Å²) in [6, 6.07) is 13.7. The third-order valence-electron chi connectivity index (χ3n) is 5.53. The Bertz CT molecular complexity index is 998. The number of ether oxygens (including phenoxy) is 1. The topological polar surface area (TPSA) is 87.2 Å². The van der Waals surface area contributed by atoms with Crippen molar-refractivity contribution in [3.8, 4) is 5.75 Å². The van der Waals surface area contributed by atoms with Gasteiger partial charge in [-0.2, -0.15) is 0 Å². The van der Waals surface area contributed by atoms with Crippen molar-refractivity contribution in [1.29, 1.82) is 0 Å². The smallest absolute Gasteiger partial charge is 0.416 e. The number of hydrogen-bond acceptors (Lipinski definition) is 4.